The Labute approximate surface area is 119 Å². The third kappa shape index (κ3) is 2.89. The highest BCUT2D eigenvalue weighted by Crippen LogP contribution is 2.13. The van der Waals surface area contributed by atoms with Crippen LogP contribution in [0.15, 0.2) is 48.9 Å². The lowest BCUT2D eigenvalue weighted by molar-refractivity contribution is 0.102. The standard InChI is InChI=1S/C13H11N5OS/c19-13(12-8-15-20-17-12)16-11-4-1-3-10(7-11)9-18-6-2-5-14-18/h1-8H,9H2,(H,16,19). The van der Waals surface area contributed by atoms with E-state index in [1.165, 1.54) is 6.20 Å². The fourth-order valence-electron chi connectivity index (χ4n) is 1.79. The van der Waals surface area contributed by atoms with Crippen LogP contribution in [0.3, 0.4) is 0 Å². The van der Waals surface area contributed by atoms with Crippen LogP contribution in [-0.2, 0) is 6.54 Å². The maximum Gasteiger partial charge on any atom is 0.277 e. The zero-order valence-electron chi connectivity index (χ0n) is 10.4. The van der Waals surface area contributed by atoms with Crippen LogP contribution in [0.1, 0.15) is 16.1 Å². The molecule has 0 aliphatic rings. The zero-order chi connectivity index (χ0) is 13.8. The number of amides is 1. The smallest absolute Gasteiger partial charge is 0.277 e. The summed E-state index contributed by atoms with van der Waals surface area (Å²) in [5.41, 5.74) is 2.11. The molecule has 0 radical (unpaired) electrons. The number of nitrogens with zero attached hydrogens (tertiary/aromatic N) is 4. The van der Waals surface area contributed by atoms with Gasteiger partial charge in [-0.1, -0.05) is 12.1 Å². The van der Waals surface area contributed by atoms with Gasteiger partial charge in [0.25, 0.3) is 5.91 Å². The molecule has 3 rings (SSSR count). The first-order valence-electron chi connectivity index (χ1n) is 5.96. The number of aromatic nitrogens is 4. The Morgan fingerprint density at radius 1 is 1.35 bits per heavy atom. The van der Waals surface area contributed by atoms with Crippen LogP contribution < -0.4 is 5.32 Å². The van der Waals surface area contributed by atoms with Gasteiger partial charge in [-0.25, -0.2) is 0 Å². The summed E-state index contributed by atoms with van der Waals surface area (Å²) < 4.78 is 9.54. The first-order chi connectivity index (χ1) is 9.81. The largest absolute Gasteiger partial charge is 0.321 e. The first-order valence-corrected chi connectivity index (χ1v) is 6.69. The minimum absolute atomic E-state index is 0.255. The molecular weight excluding hydrogens is 274 g/mol. The summed E-state index contributed by atoms with van der Waals surface area (Å²) in [6.45, 7) is 0.662. The highest BCUT2D eigenvalue weighted by atomic mass is 32.1. The van der Waals surface area contributed by atoms with Crippen molar-refractivity contribution in [1.82, 2.24) is 18.5 Å². The van der Waals surface area contributed by atoms with Gasteiger partial charge in [0.2, 0.25) is 0 Å². The number of rotatable bonds is 4. The molecule has 0 saturated heterocycles. The minimum atomic E-state index is -0.255. The molecule has 0 spiro atoms. The fourth-order valence-corrected chi connectivity index (χ4v) is 2.20. The summed E-state index contributed by atoms with van der Waals surface area (Å²) in [5, 5.41) is 6.96. The SMILES string of the molecule is O=C(Nc1cccc(Cn2cccn2)c1)c1cnsn1. The molecule has 3 aromatic rings. The highest BCUT2D eigenvalue weighted by molar-refractivity contribution is 6.99. The van der Waals surface area contributed by atoms with E-state index < -0.39 is 0 Å². The van der Waals surface area contributed by atoms with E-state index in [1.54, 1.807) is 6.20 Å². The van der Waals surface area contributed by atoms with E-state index >= 15 is 0 Å². The molecule has 7 heteroatoms. The Bertz CT molecular complexity index is 693. The summed E-state index contributed by atoms with van der Waals surface area (Å²) in [4.78, 5) is 11.9. The number of nitrogens with one attached hydrogen (secondary N) is 1. The Kier molecular flexibility index (Phi) is 3.51. The molecule has 0 saturated carbocycles. The van der Waals surface area contributed by atoms with Crippen molar-refractivity contribution < 1.29 is 4.79 Å². The normalized spacial score (nSPS) is 10.4. The van der Waals surface area contributed by atoms with Crippen molar-refractivity contribution in [1.29, 1.82) is 0 Å². The van der Waals surface area contributed by atoms with Crippen LogP contribution in [0.25, 0.3) is 0 Å². The van der Waals surface area contributed by atoms with Gasteiger partial charge in [-0.3, -0.25) is 9.48 Å². The number of carbonyl (C=O) groups is 1. The molecule has 6 nitrogen and oxygen atoms in total. The summed E-state index contributed by atoms with van der Waals surface area (Å²) in [6, 6.07) is 9.51. The molecule has 1 N–H and O–H groups in total. The second-order valence-corrected chi connectivity index (χ2v) is 4.71. The number of hydrogen-bond donors (Lipinski definition) is 1. The zero-order valence-corrected chi connectivity index (χ0v) is 11.2. The van der Waals surface area contributed by atoms with Crippen molar-refractivity contribution >= 4 is 23.3 Å². The maximum absolute atomic E-state index is 11.9. The Morgan fingerprint density at radius 3 is 3.05 bits per heavy atom. The van der Waals surface area contributed by atoms with Crippen LogP contribution in [0, 0.1) is 0 Å². The molecule has 2 heterocycles. The number of benzene rings is 1. The van der Waals surface area contributed by atoms with Crippen molar-refractivity contribution in [2.24, 2.45) is 0 Å². The monoisotopic (exact) mass is 285 g/mol. The van der Waals surface area contributed by atoms with Gasteiger partial charge in [0.05, 0.1) is 24.5 Å². The quantitative estimate of drug-likeness (QED) is 0.796. The first kappa shape index (κ1) is 12.5. The Balaban J connectivity index is 1.73. The van der Waals surface area contributed by atoms with E-state index in [0.717, 1.165) is 23.0 Å². The lowest BCUT2D eigenvalue weighted by Crippen LogP contribution is -2.12. The fraction of sp³-hybridized carbons (Fsp3) is 0.0769. The molecule has 0 unspecified atom stereocenters. The summed E-state index contributed by atoms with van der Waals surface area (Å²) in [6.07, 6.45) is 5.08. The molecule has 1 amide bonds. The number of carbonyl (C=O) groups excluding carboxylic acids is 1. The van der Waals surface area contributed by atoms with Crippen molar-refractivity contribution in [2.45, 2.75) is 6.54 Å². The predicted molar refractivity (Wildman–Crippen MR) is 75.6 cm³/mol. The van der Waals surface area contributed by atoms with E-state index in [0.29, 0.717) is 12.2 Å². The molecular formula is C13H11N5OS. The molecule has 0 fully saturated rings. The van der Waals surface area contributed by atoms with E-state index in [-0.39, 0.29) is 5.91 Å². The summed E-state index contributed by atoms with van der Waals surface area (Å²) in [5.74, 6) is -0.255. The lowest BCUT2D eigenvalue weighted by Gasteiger charge is -2.06. The van der Waals surface area contributed by atoms with Crippen molar-refractivity contribution in [3.63, 3.8) is 0 Å². The van der Waals surface area contributed by atoms with Crippen LogP contribution >= 0.6 is 11.7 Å². The van der Waals surface area contributed by atoms with Crippen molar-refractivity contribution in [3.05, 3.63) is 60.2 Å². The Morgan fingerprint density at radius 2 is 2.30 bits per heavy atom. The molecule has 0 bridgehead atoms. The van der Waals surface area contributed by atoms with Gasteiger partial charge in [0.1, 0.15) is 0 Å². The predicted octanol–water partition coefficient (Wildman–Crippen LogP) is 2.04. The molecule has 20 heavy (non-hydrogen) atoms. The van der Waals surface area contributed by atoms with Crippen LogP contribution in [-0.4, -0.2) is 24.4 Å². The van der Waals surface area contributed by atoms with E-state index in [2.05, 4.69) is 19.2 Å². The lowest BCUT2D eigenvalue weighted by atomic mass is 10.2. The van der Waals surface area contributed by atoms with Gasteiger partial charge in [0.15, 0.2) is 5.69 Å². The van der Waals surface area contributed by atoms with Crippen LogP contribution in [0.2, 0.25) is 0 Å². The second-order valence-electron chi connectivity index (χ2n) is 4.15. The maximum atomic E-state index is 11.9. The van der Waals surface area contributed by atoms with Crippen molar-refractivity contribution in [2.75, 3.05) is 5.32 Å². The van der Waals surface area contributed by atoms with E-state index in [9.17, 15) is 4.79 Å². The van der Waals surface area contributed by atoms with Crippen LogP contribution in [0.5, 0.6) is 0 Å². The van der Waals surface area contributed by atoms with Gasteiger partial charge in [-0.05, 0) is 23.8 Å². The van der Waals surface area contributed by atoms with E-state index in [4.69, 9.17) is 0 Å². The molecule has 0 aliphatic heterocycles. The summed E-state index contributed by atoms with van der Waals surface area (Å²) >= 11 is 1.01. The number of anilines is 1. The topological polar surface area (TPSA) is 72.7 Å². The third-order valence-corrected chi connectivity index (χ3v) is 3.16. The average molecular weight is 285 g/mol. The Hall–Kier alpha value is -2.54. The van der Waals surface area contributed by atoms with E-state index in [1.807, 2.05) is 41.2 Å². The molecule has 0 atom stereocenters. The van der Waals surface area contributed by atoms with Gasteiger partial charge < -0.3 is 5.32 Å². The molecule has 1 aromatic carbocycles. The minimum Gasteiger partial charge on any atom is -0.321 e. The summed E-state index contributed by atoms with van der Waals surface area (Å²) in [7, 11) is 0. The molecule has 100 valence electrons. The van der Waals surface area contributed by atoms with Crippen molar-refractivity contribution in [3.8, 4) is 0 Å². The average Bonchev–Trinajstić information content (AvgIpc) is 3.12. The van der Waals surface area contributed by atoms with Gasteiger partial charge in [-0.15, -0.1) is 0 Å². The van der Waals surface area contributed by atoms with Gasteiger partial charge >= 0.3 is 0 Å². The highest BCUT2D eigenvalue weighted by Gasteiger charge is 2.09. The third-order valence-electron chi connectivity index (χ3n) is 2.68. The number of hydrogen-bond acceptors (Lipinski definition) is 5. The van der Waals surface area contributed by atoms with Gasteiger partial charge in [-0.2, -0.15) is 13.8 Å². The van der Waals surface area contributed by atoms with Gasteiger partial charge in [0, 0.05) is 18.1 Å². The molecule has 0 aliphatic carbocycles. The molecule has 2 aromatic heterocycles. The second kappa shape index (κ2) is 5.62. The van der Waals surface area contributed by atoms with Crippen LogP contribution in [0.4, 0.5) is 5.69 Å².